The molecule has 0 amide bonds. The highest BCUT2D eigenvalue weighted by molar-refractivity contribution is 5.92. The molecule has 0 saturated heterocycles. The fourth-order valence-corrected chi connectivity index (χ4v) is 9.47. The number of ketones is 1. The molecule has 29 heavy (non-hydrogen) atoms. The molecule has 6 unspecified atom stereocenters. The number of carbonyl (C=O) groups is 1. The minimum atomic E-state index is -0.604. The molecule has 0 heterocycles. The predicted molar refractivity (Wildman–Crippen MR) is 109 cm³/mol. The van der Waals surface area contributed by atoms with Crippen molar-refractivity contribution >= 4 is 5.78 Å². The fraction of sp³-hybridized carbons (Fsp3) is 0.960. The van der Waals surface area contributed by atoms with Gasteiger partial charge in [-0.25, -0.2) is 0 Å². The molecule has 162 valence electrons. The van der Waals surface area contributed by atoms with Gasteiger partial charge in [0.2, 0.25) is 0 Å². The lowest BCUT2D eigenvalue weighted by Gasteiger charge is -2.63. The third kappa shape index (κ3) is 2.29. The van der Waals surface area contributed by atoms with Crippen LogP contribution in [0.4, 0.5) is 0 Å². The van der Waals surface area contributed by atoms with Gasteiger partial charge in [-0.05, 0) is 93.3 Å². The zero-order valence-corrected chi connectivity index (χ0v) is 18.5. The van der Waals surface area contributed by atoms with E-state index in [9.17, 15) is 9.90 Å². The molecule has 6 saturated carbocycles. The Kier molecular flexibility index (Phi) is 3.89. The number of rotatable bonds is 4. The number of Topliss-reactive ketones (excluding diaryl/α,β-unsaturated/α-hetero) is 1. The van der Waals surface area contributed by atoms with Crippen molar-refractivity contribution in [3.8, 4) is 0 Å². The van der Waals surface area contributed by atoms with Gasteiger partial charge in [0.25, 0.3) is 0 Å². The quantitative estimate of drug-likeness (QED) is 0.717. The first-order chi connectivity index (χ1) is 13.7. The first-order valence-corrected chi connectivity index (χ1v) is 12.3. The van der Waals surface area contributed by atoms with E-state index >= 15 is 0 Å². The highest BCUT2D eigenvalue weighted by Gasteiger charge is 2.78. The Hall–Kier alpha value is -0.450. The Bertz CT molecular complexity index is 736. The highest BCUT2D eigenvalue weighted by Crippen LogP contribution is 2.79. The van der Waals surface area contributed by atoms with Crippen LogP contribution in [-0.2, 0) is 14.3 Å². The number of hydrogen-bond donors (Lipinski definition) is 1. The molecule has 4 heteroatoms. The van der Waals surface area contributed by atoms with E-state index in [1.165, 1.54) is 6.42 Å². The van der Waals surface area contributed by atoms with Gasteiger partial charge in [-0.3, -0.25) is 4.79 Å². The molecule has 0 aromatic rings. The molecule has 0 bridgehead atoms. The van der Waals surface area contributed by atoms with Crippen LogP contribution in [0.25, 0.3) is 0 Å². The second kappa shape index (κ2) is 5.86. The Morgan fingerprint density at radius 2 is 1.93 bits per heavy atom. The predicted octanol–water partition coefficient (Wildman–Crippen LogP) is 4.19. The van der Waals surface area contributed by atoms with Crippen molar-refractivity contribution in [2.75, 3.05) is 6.61 Å². The molecule has 6 fully saturated rings. The van der Waals surface area contributed by atoms with Crippen LogP contribution >= 0.6 is 0 Å². The van der Waals surface area contributed by atoms with Gasteiger partial charge >= 0.3 is 0 Å². The number of fused-ring (bicyclic) bond motifs is 10. The maximum absolute atomic E-state index is 13.0. The van der Waals surface area contributed by atoms with Crippen molar-refractivity contribution in [2.24, 2.45) is 52.3 Å². The van der Waals surface area contributed by atoms with Gasteiger partial charge in [0.1, 0.15) is 5.78 Å². The number of hydrogen-bond acceptors (Lipinski definition) is 4. The first kappa shape index (κ1) is 19.3. The van der Waals surface area contributed by atoms with E-state index in [0.29, 0.717) is 53.8 Å². The van der Waals surface area contributed by atoms with Crippen LogP contribution in [0.2, 0.25) is 0 Å². The molecular weight excluding hydrogens is 364 g/mol. The molecule has 6 aliphatic carbocycles. The molecule has 4 nitrogen and oxygen atoms in total. The molecule has 0 aliphatic heterocycles. The van der Waals surface area contributed by atoms with E-state index in [1.54, 1.807) is 0 Å². The molecule has 0 radical (unpaired) electrons. The van der Waals surface area contributed by atoms with Crippen LogP contribution in [0, 0.1) is 52.3 Å². The summed E-state index contributed by atoms with van der Waals surface area (Å²) in [5, 5.41) is 12.2. The van der Waals surface area contributed by atoms with Crippen LogP contribution in [0.1, 0.15) is 72.6 Å². The topological polar surface area (TPSA) is 55.8 Å². The monoisotopic (exact) mass is 402 g/mol. The summed E-state index contributed by atoms with van der Waals surface area (Å²) in [6.45, 7) is 9.32. The lowest BCUT2D eigenvalue weighted by Crippen LogP contribution is -2.64. The summed E-state index contributed by atoms with van der Waals surface area (Å²) in [5.41, 5.74) is -0.685. The second-order valence-corrected chi connectivity index (χ2v) is 11.9. The Balaban J connectivity index is 1.29. The van der Waals surface area contributed by atoms with Gasteiger partial charge in [0, 0.05) is 24.4 Å². The first-order valence-electron chi connectivity index (χ1n) is 12.3. The smallest absolute Gasteiger partial charge is 0.155 e. The van der Waals surface area contributed by atoms with Gasteiger partial charge in [0.05, 0.1) is 11.7 Å². The summed E-state index contributed by atoms with van der Waals surface area (Å²) in [6.07, 6.45) is 7.23. The van der Waals surface area contributed by atoms with E-state index in [4.69, 9.17) is 9.47 Å². The van der Waals surface area contributed by atoms with Crippen molar-refractivity contribution in [1.29, 1.82) is 0 Å². The van der Waals surface area contributed by atoms with E-state index in [1.807, 2.05) is 13.8 Å². The maximum Gasteiger partial charge on any atom is 0.155 e. The summed E-state index contributed by atoms with van der Waals surface area (Å²) in [7, 11) is 0. The van der Waals surface area contributed by atoms with Gasteiger partial charge in [-0.1, -0.05) is 13.8 Å². The van der Waals surface area contributed by atoms with E-state index in [0.717, 1.165) is 38.5 Å². The van der Waals surface area contributed by atoms with Crippen molar-refractivity contribution in [3.63, 3.8) is 0 Å². The lowest BCUT2D eigenvalue weighted by atomic mass is 9.43. The molecule has 6 rings (SSSR count). The standard InChI is InChI=1S/C25H38O4/c1-5-28-13(2)29-14-6-9-24(4)18-7-8-23(3)21(15-10-16(15)22(23)26)20(18)17-11-19(17)25(24,27)12-14/h13-21,27H,5-12H2,1-4H3/t13?,14-,15+,16?,17?,18?,19+,20?,21?,23-,24+,25+/m0/s1. The summed E-state index contributed by atoms with van der Waals surface area (Å²) >= 11 is 0. The second-order valence-electron chi connectivity index (χ2n) is 11.9. The van der Waals surface area contributed by atoms with Gasteiger partial charge in [-0.15, -0.1) is 0 Å². The summed E-state index contributed by atoms with van der Waals surface area (Å²) < 4.78 is 11.8. The number of ether oxygens (including phenoxy) is 2. The lowest BCUT2D eigenvalue weighted by molar-refractivity contribution is -0.249. The molecule has 0 aromatic heterocycles. The van der Waals surface area contributed by atoms with Crippen LogP contribution < -0.4 is 0 Å². The highest BCUT2D eigenvalue weighted by atomic mass is 16.7. The maximum atomic E-state index is 13.0. The normalized spacial score (nSPS) is 60.4. The Morgan fingerprint density at radius 3 is 2.69 bits per heavy atom. The minimum absolute atomic E-state index is 0.0264. The molecule has 12 atom stereocenters. The summed E-state index contributed by atoms with van der Waals surface area (Å²) in [4.78, 5) is 13.0. The SMILES string of the molecule is CCOC(C)O[C@H]1CC[C@]2(C)C3CC[C@]4(C)C(=O)C5C[C@H]5C4C3C3C[C@H]3[C@]2(O)C1. The van der Waals surface area contributed by atoms with Gasteiger partial charge in [0.15, 0.2) is 6.29 Å². The number of carbonyl (C=O) groups excluding carboxylic acids is 1. The zero-order chi connectivity index (χ0) is 20.3. The van der Waals surface area contributed by atoms with Gasteiger partial charge < -0.3 is 14.6 Å². The molecule has 1 N–H and O–H groups in total. The molecule has 0 spiro atoms. The molecule has 0 aromatic carbocycles. The largest absolute Gasteiger partial charge is 0.389 e. The summed E-state index contributed by atoms with van der Waals surface area (Å²) in [5.74, 6) is 4.55. The minimum Gasteiger partial charge on any atom is -0.389 e. The van der Waals surface area contributed by atoms with Crippen LogP contribution in [-0.4, -0.2) is 35.5 Å². The molecular formula is C25H38O4. The van der Waals surface area contributed by atoms with E-state index < -0.39 is 5.60 Å². The van der Waals surface area contributed by atoms with Crippen molar-refractivity contribution < 1.29 is 19.4 Å². The summed E-state index contributed by atoms with van der Waals surface area (Å²) in [6, 6.07) is 0. The van der Waals surface area contributed by atoms with E-state index in [2.05, 4.69) is 13.8 Å². The molecule has 6 aliphatic rings. The van der Waals surface area contributed by atoms with Gasteiger partial charge in [-0.2, -0.15) is 0 Å². The average molecular weight is 403 g/mol. The van der Waals surface area contributed by atoms with Crippen molar-refractivity contribution in [2.45, 2.75) is 90.6 Å². The zero-order valence-electron chi connectivity index (χ0n) is 18.5. The number of aliphatic hydroxyl groups is 1. The third-order valence-corrected chi connectivity index (χ3v) is 10.9. The Morgan fingerprint density at radius 1 is 1.14 bits per heavy atom. The third-order valence-electron chi connectivity index (χ3n) is 10.9. The van der Waals surface area contributed by atoms with Crippen LogP contribution in [0.3, 0.4) is 0 Å². The fourth-order valence-electron chi connectivity index (χ4n) is 9.47. The van der Waals surface area contributed by atoms with Crippen LogP contribution in [0.15, 0.2) is 0 Å². The van der Waals surface area contributed by atoms with E-state index in [-0.39, 0.29) is 23.2 Å². The van der Waals surface area contributed by atoms with Crippen molar-refractivity contribution in [1.82, 2.24) is 0 Å². The van der Waals surface area contributed by atoms with Crippen molar-refractivity contribution in [3.05, 3.63) is 0 Å². The Labute approximate surface area is 175 Å². The van der Waals surface area contributed by atoms with Crippen LogP contribution in [0.5, 0.6) is 0 Å². The average Bonchev–Trinajstić information content (AvgIpc) is 3.56.